The first-order chi connectivity index (χ1) is 16.2. The van der Waals surface area contributed by atoms with Crippen LogP contribution in [0.5, 0.6) is 0 Å². The summed E-state index contributed by atoms with van der Waals surface area (Å²) in [6.07, 6.45) is 12.1. The van der Waals surface area contributed by atoms with Crippen LogP contribution in [0, 0.1) is 0 Å². The quantitative estimate of drug-likeness (QED) is 0.685. The average molecular weight is 449 g/mol. The van der Waals surface area contributed by atoms with Gasteiger partial charge in [0.2, 0.25) is 0 Å². The van der Waals surface area contributed by atoms with Gasteiger partial charge in [0.25, 0.3) is 0 Å². The minimum atomic E-state index is -0.528. The minimum absolute atomic E-state index is 0.0662. The van der Waals surface area contributed by atoms with Crippen LogP contribution >= 0.6 is 0 Å². The maximum atomic E-state index is 6.42. The van der Waals surface area contributed by atoms with Crippen molar-refractivity contribution >= 4 is 0 Å². The molecule has 2 saturated heterocycles. The van der Waals surface area contributed by atoms with E-state index in [0.717, 1.165) is 45.3 Å². The first-order valence-corrected chi connectivity index (χ1v) is 12.9. The van der Waals surface area contributed by atoms with Crippen molar-refractivity contribution in [1.29, 1.82) is 0 Å². The summed E-state index contributed by atoms with van der Waals surface area (Å²) in [5, 5.41) is 3.93. The van der Waals surface area contributed by atoms with Crippen LogP contribution in [0.25, 0.3) is 0 Å². The maximum Gasteiger partial charge on any atom is 0.195 e. The second-order valence-corrected chi connectivity index (χ2v) is 10.5. The molecule has 3 heterocycles. The fourth-order valence-corrected chi connectivity index (χ4v) is 7.02. The van der Waals surface area contributed by atoms with Crippen molar-refractivity contribution in [3.8, 4) is 0 Å². The van der Waals surface area contributed by atoms with E-state index >= 15 is 0 Å². The second-order valence-electron chi connectivity index (χ2n) is 10.5. The summed E-state index contributed by atoms with van der Waals surface area (Å²) in [6, 6.07) is 15.4. The summed E-state index contributed by atoms with van der Waals surface area (Å²) in [5.74, 6) is -0.528. The van der Waals surface area contributed by atoms with Gasteiger partial charge in [-0.15, -0.1) is 0 Å². The van der Waals surface area contributed by atoms with Crippen molar-refractivity contribution in [3.05, 3.63) is 65.5 Å². The van der Waals surface area contributed by atoms with E-state index in [1.807, 2.05) is 12.3 Å². The average Bonchev–Trinajstić information content (AvgIpc) is 3.52. The predicted octanol–water partition coefficient (Wildman–Crippen LogP) is 5.16. The van der Waals surface area contributed by atoms with E-state index < -0.39 is 5.79 Å². The van der Waals surface area contributed by atoms with Crippen molar-refractivity contribution in [3.63, 3.8) is 0 Å². The molecule has 176 valence electrons. The fourth-order valence-electron chi connectivity index (χ4n) is 7.02. The van der Waals surface area contributed by atoms with Crippen molar-refractivity contribution in [1.82, 2.24) is 10.3 Å². The third kappa shape index (κ3) is 3.93. The van der Waals surface area contributed by atoms with Gasteiger partial charge in [-0.3, -0.25) is 4.98 Å². The summed E-state index contributed by atoms with van der Waals surface area (Å²) in [7, 11) is 0. The molecule has 1 N–H and O–H groups in total. The van der Waals surface area contributed by atoms with Crippen LogP contribution in [0.4, 0.5) is 0 Å². The molecule has 2 aliphatic carbocycles. The van der Waals surface area contributed by atoms with Gasteiger partial charge in [-0.05, 0) is 62.8 Å². The van der Waals surface area contributed by atoms with Crippen LogP contribution in [0.15, 0.2) is 48.7 Å². The van der Waals surface area contributed by atoms with Gasteiger partial charge in [0.05, 0.1) is 18.8 Å². The molecular weight excluding hydrogens is 412 g/mol. The molecule has 2 atom stereocenters. The molecule has 2 aliphatic heterocycles. The van der Waals surface area contributed by atoms with Gasteiger partial charge in [-0.1, -0.05) is 43.2 Å². The lowest BCUT2D eigenvalue weighted by molar-refractivity contribution is -0.177. The molecule has 5 nitrogen and oxygen atoms in total. The number of nitrogens with zero attached hydrogens (tertiary/aromatic N) is 1. The molecule has 0 amide bonds. The monoisotopic (exact) mass is 448 g/mol. The van der Waals surface area contributed by atoms with Gasteiger partial charge in [-0.25, -0.2) is 0 Å². The second kappa shape index (κ2) is 8.77. The van der Waals surface area contributed by atoms with E-state index in [-0.39, 0.29) is 11.0 Å². The zero-order chi connectivity index (χ0) is 22.2. The van der Waals surface area contributed by atoms with Gasteiger partial charge < -0.3 is 19.5 Å². The third-order valence-corrected chi connectivity index (χ3v) is 8.63. The van der Waals surface area contributed by atoms with Gasteiger partial charge in [0, 0.05) is 41.9 Å². The van der Waals surface area contributed by atoms with E-state index in [1.165, 1.54) is 42.5 Å². The molecule has 0 radical (unpaired) electrons. The van der Waals surface area contributed by atoms with Crippen LogP contribution in [0.1, 0.15) is 80.7 Å². The molecule has 5 heteroatoms. The number of rotatable bonds is 5. The lowest BCUT2D eigenvalue weighted by Crippen LogP contribution is -2.48. The van der Waals surface area contributed by atoms with Crippen molar-refractivity contribution < 1.29 is 14.2 Å². The number of nitrogens with one attached hydrogen (secondary N) is 1. The van der Waals surface area contributed by atoms with Crippen molar-refractivity contribution in [2.45, 2.75) is 80.6 Å². The fraction of sp³-hybridized carbons (Fsp3) is 0.607. The van der Waals surface area contributed by atoms with Gasteiger partial charge in [0.1, 0.15) is 0 Å². The standard InChI is InChI=1S/C28H36N2O3/c1-2-8-23-22(7-1)24(10-13-28(23)32-19-20-33-28)29-17-14-26(25-9-3-6-16-30-25)15-18-31-27(21-26)11-4-5-12-27/h1-3,6-9,16,24,29H,4-5,10-15,17-21H2/t24-,26+/m0/s1. The largest absolute Gasteiger partial charge is 0.375 e. The Hall–Kier alpha value is -1.79. The topological polar surface area (TPSA) is 52.6 Å². The number of aromatic nitrogens is 1. The number of ether oxygens (including phenoxy) is 3. The Morgan fingerprint density at radius 2 is 1.70 bits per heavy atom. The Labute approximate surface area is 197 Å². The highest BCUT2D eigenvalue weighted by atomic mass is 16.7. The van der Waals surface area contributed by atoms with Crippen LogP contribution in [-0.2, 0) is 25.4 Å². The first kappa shape index (κ1) is 21.7. The Morgan fingerprint density at radius 3 is 2.52 bits per heavy atom. The Kier molecular flexibility index (Phi) is 5.77. The van der Waals surface area contributed by atoms with Crippen LogP contribution in [-0.4, -0.2) is 37.0 Å². The van der Waals surface area contributed by atoms with E-state index in [4.69, 9.17) is 19.2 Å². The molecule has 2 spiro atoms. The molecular formula is C28H36N2O3. The van der Waals surface area contributed by atoms with Crippen LogP contribution in [0.2, 0.25) is 0 Å². The molecule has 0 bridgehead atoms. The number of benzene rings is 1. The normalized spacial score (nSPS) is 30.0. The zero-order valence-corrected chi connectivity index (χ0v) is 19.6. The van der Waals surface area contributed by atoms with Gasteiger partial charge in [-0.2, -0.15) is 0 Å². The summed E-state index contributed by atoms with van der Waals surface area (Å²) in [5.41, 5.74) is 3.94. The van der Waals surface area contributed by atoms with E-state index in [0.29, 0.717) is 19.3 Å². The Balaban J connectivity index is 1.21. The Bertz CT molecular complexity index is 953. The molecule has 0 unspecified atom stereocenters. The first-order valence-electron chi connectivity index (χ1n) is 12.9. The number of fused-ring (bicyclic) bond motifs is 2. The molecule has 6 rings (SSSR count). The SMILES string of the molecule is c1ccc([C@]2(CCN[C@H]3CCC4(OCCO4)c4ccccc43)CCOC3(CCCC3)C2)nc1. The lowest BCUT2D eigenvalue weighted by Gasteiger charge is -2.47. The number of pyridine rings is 1. The summed E-state index contributed by atoms with van der Waals surface area (Å²) < 4.78 is 18.6. The summed E-state index contributed by atoms with van der Waals surface area (Å²) in [4.78, 5) is 4.86. The van der Waals surface area contributed by atoms with Gasteiger partial charge >= 0.3 is 0 Å². The molecule has 2 aromatic rings. The highest BCUT2D eigenvalue weighted by Gasteiger charge is 2.49. The highest BCUT2D eigenvalue weighted by molar-refractivity contribution is 5.36. The smallest absolute Gasteiger partial charge is 0.195 e. The number of hydrogen-bond acceptors (Lipinski definition) is 5. The Morgan fingerprint density at radius 1 is 0.879 bits per heavy atom. The highest BCUT2D eigenvalue weighted by Crippen LogP contribution is 2.50. The summed E-state index contributed by atoms with van der Waals surface area (Å²) in [6.45, 7) is 3.19. The molecule has 33 heavy (non-hydrogen) atoms. The van der Waals surface area contributed by atoms with E-state index in [2.05, 4.69) is 41.7 Å². The van der Waals surface area contributed by atoms with E-state index in [1.54, 1.807) is 0 Å². The predicted molar refractivity (Wildman–Crippen MR) is 127 cm³/mol. The van der Waals surface area contributed by atoms with E-state index in [9.17, 15) is 0 Å². The number of hydrogen-bond donors (Lipinski definition) is 1. The van der Waals surface area contributed by atoms with Crippen LogP contribution < -0.4 is 5.32 Å². The molecule has 4 aliphatic rings. The molecule has 1 aromatic heterocycles. The molecule has 1 aromatic carbocycles. The summed E-state index contributed by atoms with van der Waals surface area (Å²) >= 11 is 0. The zero-order valence-electron chi connectivity index (χ0n) is 19.6. The minimum Gasteiger partial charge on any atom is -0.375 e. The van der Waals surface area contributed by atoms with Crippen molar-refractivity contribution in [2.24, 2.45) is 0 Å². The maximum absolute atomic E-state index is 6.42. The van der Waals surface area contributed by atoms with Crippen LogP contribution in [0.3, 0.4) is 0 Å². The molecule has 3 fully saturated rings. The third-order valence-electron chi connectivity index (χ3n) is 8.63. The lowest BCUT2D eigenvalue weighted by atomic mass is 9.68. The van der Waals surface area contributed by atoms with Crippen molar-refractivity contribution in [2.75, 3.05) is 26.4 Å². The van der Waals surface area contributed by atoms with Gasteiger partial charge in [0.15, 0.2) is 5.79 Å². The molecule has 1 saturated carbocycles.